The molecule has 0 radical (unpaired) electrons. The van der Waals surface area contributed by atoms with E-state index in [1.807, 2.05) is 30.3 Å². The number of aromatic nitrogens is 2. The van der Waals surface area contributed by atoms with E-state index in [4.69, 9.17) is 5.14 Å². The highest BCUT2D eigenvalue weighted by molar-refractivity contribution is 7.89. The number of sulfonamides is 1. The van der Waals surface area contributed by atoms with E-state index in [1.54, 1.807) is 37.6 Å². The number of rotatable bonds is 6. The van der Waals surface area contributed by atoms with E-state index in [2.05, 4.69) is 10.4 Å². The number of para-hydroxylation sites is 1. The van der Waals surface area contributed by atoms with Crippen molar-refractivity contribution in [2.24, 2.45) is 5.14 Å². The maximum absolute atomic E-state index is 12.8. The molecular formula is C21H22N4O4S. The van der Waals surface area contributed by atoms with E-state index >= 15 is 0 Å². The summed E-state index contributed by atoms with van der Waals surface area (Å²) in [6.07, 6.45) is 0. The molecule has 1 atom stereocenters. The van der Waals surface area contributed by atoms with Crippen molar-refractivity contribution in [3.63, 3.8) is 0 Å². The number of nitrogens with two attached hydrogens (primary N) is 1. The SMILES string of the molecule is Cc1nn(-c2ccccc2)c(C)c1C(=O)C(=O)N[C@H](C)c1ccc(S(N)(=O)=O)cc1. The van der Waals surface area contributed by atoms with E-state index in [0.717, 1.165) is 5.69 Å². The number of ketones is 1. The van der Waals surface area contributed by atoms with Crippen molar-refractivity contribution in [3.05, 3.63) is 77.1 Å². The fourth-order valence-electron chi connectivity index (χ4n) is 3.20. The number of aryl methyl sites for hydroxylation is 1. The van der Waals surface area contributed by atoms with E-state index in [0.29, 0.717) is 17.0 Å². The van der Waals surface area contributed by atoms with Gasteiger partial charge in [-0.1, -0.05) is 30.3 Å². The Morgan fingerprint density at radius 1 is 1.03 bits per heavy atom. The van der Waals surface area contributed by atoms with Crippen molar-refractivity contribution in [3.8, 4) is 5.69 Å². The first-order chi connectivity index (χ1) is 14.1. The Kier molecular flexibility index (Phi) is 5.86. The van der Waals surface area contributed by atoms with Crippen LogP contribution >= 0.6 is 0 Å². The molecule has 1 heterocycles. The second-order valence-corrected chi connectivity index (χ2v) is 8.49. The summed E-state index contributed by atoms with van der Waals surface area (Å²) in [6.45, 7) is 5.12. The Morgan fingerprint density at radius 3 is 2.20 bits per heavy atom. The van der Waals surface area contributed by atoms with E-state index in [1.165, 1.54) is 12.1 Å². The molecule has 9 heteroatoms. The summed E-state index contributed by atoms with van der Waals surface area (Å²) >= 11 is 0. The van der Waals surface area contributed by atoms with Gasteiger partial charge in [0.25, 0.3) is 11.7 Å². The van der Waals surface area contributed by atoms with Crippen molar-refractivity contribution in [2.45, 2.75) is 31.7 Å². The molecule has 0 bridgehead atoms. The highest BCUT2D eigenvalue weighted by Gasteiger charge is 2.26. The maximum Gasteiger partial charge on any atom is 0.293 e. The van der Waals surface area contributed by atoms with Crippen LogP contribution in [0.1, 0.15) is 40.3 Å². The second-order valence-electron chi connectivity index (χ2n) is 6.93. The number of benzene rings is 2. The van der Waals surface area contributed by atoms with Gasteiger partial charge in [-0.05, 0) is 50.6 Å². The third-order valence-corrected chi connectivity index (χ3v) is 5.71. The van der Waals surface area contributed by atoms with Crippen LogP contribution in [0.2, 0.25) is 0 Å². The highest BCUT2D eigenvalue weighted by Crippen LogP contribution is 2.20. The third-order valence-electron chi connectivity index (χ3n) is 4.78. The zero-order chi connectivity index (χ0) is 22.1. The van der Waals surface area contributed by atoms with Gasteiger partial charge in [-0.25, -0.2) is 18.2 Å². The van der Waals surface area contributed by atoms with E-state index < -0.39 is 27.8 Å². The quantitative estimate of drug-likeness (QED) is 0.462. The maximum atomic E-state index is 12.8. The molecule has 3 aromatic rings. The molecule has 0 saturated heterocycles. The Morgan fingerprint density at radius 2 is 1.63 bits per heavy atom. The lowest BCUT2D eigenvalue weighted by Crippen LogP contribution is -2.33. The van der Waals surface area contributed by atoms with Gasteiger partial charge in [-0.3, -0.25) is 9.59 Å². The molecule has 0 fully saturated rings. The summed E-state index contributed by atoms with van der Waals surface area (Å²) in [5.41, 5.74) is 2.72. The molecule has 0 saturated carbocycles. The Labute approximate surface area is 174 Å². The van der Waals surface area contributed by atoms with Gasteiger partial charge in [0.05, 0.1) is 33.6 Å². The molecule has 0 unspecified atom stereocenters. The molecule has 8 nitrogen and oxygen atoms in total. The number of Topliss-reactive ketones (excluding diaryl/α,β-unsaturated/α-hetero) is 1. The van der Waals surface area contributed by atoms with Crippen LogP contribution in [-0.2, 0) is 14.8 Å². The molecule has 156 valence electrons. The van der Waals surface area contributed by atoms with Crippen LogP contribution in [0, 0.1) is 13.8 Å². The smallest absolute Gasteiger partial charge is 0.293 e. The third kappa shape index (κ3) is 4.32. The van der Waals surface area contributed by atoms with Gasteiger partial charge in [0.2, 0.25) is 10.0 Å². The van der Waals surface area contributed by atoms with Crippen molar-refractivity contribution in [1.29, 1.82) is 0 Å². The highest BCUT2D eigenvalue weighted by atomic mass is 32.2. The van der Waals surface area contributed by atoms with Gasteiger partial charge in [-0.2, -0.15) is 5.10 Å². The Balaban J connectivity index is 1.79. The largest absolute Gasteiger partial charge is 0.343 e. The zero-order valence-electron chi connectivity index (χ0n) is 16.8. The normalized spacial score (nSPS) is 12.4. The predicted octanol–water partition coefficient (Wildman–Crippen LogP) is 2.20. The molecule has 1 aromatic heterocycles. The van der Waals surface area contributed by atoms with Gasteiger partial charge >= 0.3 is 0 Å². The number of primary sulfonamides is 1. The second kappa shape index (κ2) is 8.21. The fraction of sp³-hybridized carbons (Fsp3) is 0.190. The minimum atomic E-state index is -3.80. The molecule has 0 aliphatic carbocycles. The molecule has 3 rings (SSSR count). The van der Waals surface area contributed by atoms with Gasteiger partial charge in [-0.15, -0.1) is 0 Å². The van der Waals surface area contributed by atoms with Crippen LogP contribution in [0.4, 0.5) is 0 Å². The summed E-state index contributed by atoms with van der Waals surface area (Å²) in [5, 5.41) is 12.1. The molecule has 0 aliphatic heterocycles. The number of nitrogens with zero attached hydrogens (tertiary/aromatic N) is 2. The van der Waals surface area contributed by atoms with Crippen molar-refractivity contribution in [1.82, 2.24) is 15.1 Å². The summed E-state index contributed by atoms with van der Waals surface area (Å²) in [4.78, 5) is 25.4. The lowest BCUT2D eigenvalue weighted by Gasteiger charge is -2.14. The van der Waals surface area contributed by atoms with Crippen LogP contribution in [0.5, 0.6) is 0 Å². The summed E-state index contributed by atoms with van der Waals surface area (Å²) in [5.74, 6) is -1.45. The monoisotopic (exact) mass is 426 g/mol. The molecule has 30 heavy (non-hydrogen) atoms. The predicted molar refractivity (Wildman–Crippen MR) is 112 cm³/mol. The molecule has 2 aromatic carbocycles. The molecule has 1 amide bonds. The van der Waals surface area contributed by atoms with Gasteiger partial charge in [0, 0.05) is 0 Å². The average Bonchev–Trinajstić information content (AvgIpc) is 3.01. The number of nitrogens with one attached hydrogen (secondary N) is 1. The van der Waals surface area contributed by atoms with Crippen LogP contribution in [-0.4, -0.2) is 29.9 Å². The van der Waals surface area contributed by atoms with Crippen LogP contribution in [0.3, 0.4) is 0 Å². The van der Waals surface area contributed by atoms with E-state index in [9.17, 15) is 18.0 Å². The molecule has 0 spiro atoms. The van der Waals surface area contributed by atoms with Crippen LogP contribution < -0.4 is 10.5 Å². The molecule has 3 N–H and O–H groups in total. The average molecular weight is 426 g/mol. The lowest BCUT2D eigenvalue weighted by molar-refractivity contribution is -0.117. The number of carbonyl (C=O) groups is 2. The zero-order valence-corrected chi connectivity index (χ0v) is 17.6. The molecular weight excluding hydrogens is 404 g/mol. The molecule has 0 aliphatic rings. The van der Waals surface area contributed by atoms with Crippen molar-refractivity contribution >= 4 is 21.7 Å². The summed E-state index contributed by atoms with van der Waals surface area (Å²) < 4.78 is 24.4. The Bertz CT molecular complexity index is 1200. The summed E-state index contributed by atoms with van der Waals surface area (Å²) in [6, 6.07) is 14.6. The van der Waals surface area contributed by atoms with Gasteiger partial charge < -0.3 is 5.32 Å². The first-order valence-electron chi connectivity index (χ1n) is 9.19. The fourth-order valence-corrected chi connectivity index (χ4v) is 3.71. The lowest BCUT2D eigenvalue weighted by atomic mass is 10.1. The van der Waals surface area contributed by atoms with Crippen molar-refractivity contribution in [2.75, 3.05) is 0 Å². The van der Waals surface area contributed by atoms with Gasteiger partial charge in [0.15, 0.2) is 0 Å². The topological polar surface area (TPSA) is 124 Å². The first-order valence-corrected chi connectivity index (χ1v) is 10.7. The number of hydrogen-bond donors (Lipinski definition) is 2. The Hall–Kier alpha value is -3.30. The number of amides is 1. The van der Waals surface area contributed by atoms with E-state index in [-0.39, 0.29) is 10.5 Å². The minimum Gasteiger partial charge on any atom is -0.343 e. The van der Waals surface area contributed by atoms with Crippen molar-refractivity contribution < 1.29 is 18.0 Å². The number of carbonyl (C=O) groups excluding carboxylic acids is 2. The summed E-state index contributed by atoms with van der Waals surface area (Å²) in [7, 11) is -3.80. The van der Waals surface area contributed by atoms with Gasteiger partial charge in [0.1, 0.15) is 0 Å². The standard InChI is InChI=1S/C21H22N4O4S/c1-13(16-9-11-18(12-10-16)30(22,28)29)23-21(27)20(26)19-14(2)24-25(15(19)3)17-7-5-4-6-8-17/h4-13H,1-3H3,(H,23,27)(H2,22,28,29)/t13-/m1/s1. The first kappa shape index (κ1) is 21.4. The van der Waals surface area contributed by atoms with Crippen LogP contribution in [0.25, 0.3) is 5.69 Å². The van der Waals surface area contributed by atoms with Crippen LogP contribution in [0.15, 0.2) is 59.5 Å². The number of hydrogen-bond acceptors (Lipinski definition) is 5. The minimum absolute atomic E-state index is 0.0274.